The highest BCUT2D eigenvalue weighted by Gasteiger charge is 2.47. The molecule has 2 aliphatic rings. The van der Waals surface area contributed by atoms with Gasteiger partial charge in [0.2, 0.25) is 0 Å². The summed E-state index contributed by atoms with van der Waals surface area (Å²) in [4.78, 5) is 11.9. The molecule has 2 bridgehead atoms. The summed E-state index contributed by atoms with van der Waals surface area (Å²) in [7, 11) is 0. The van der Waals surface area contributed by atoms with E-state index in [1.807, 2.05) is 0 Å². The molecular weight excluding hydrogens is 176 g/mol. The first-order valence-corrected chi connectivity index (χ1v) is 5.73. The van der Waals surface area contributed by atoms with E-state index in [-0.39, 0.29) is 11.5 Å². The summed E-state index contributed by atoms with van der Waals surface area (Å²) in [6, 6.07) is 0.374. The Labute approximate surface area is 85.6 Å². The van der Waals surface area contributed by atoms with Gasteiger partial charge in [-0.1, -0.05) is 13.8 Å². The van der Waals surface area contributed by atoms with Gasteiger partial charge in [0, 0.05) is 37.0 Å². The highest BCUT2D eigenvalue weighted by atomic mass is 16.1. The second-order valence-electron chi connectivity index (χ2n) is 4.61. The standard InChI is InChI=1S/C11H20N2O/c1-3-9-10(14)5-8-6-12-7-11(9,4-2)13-8/h8-9,12-13H,3-7H2,1-2H3. The molecule has 0 amide bonds. The Morgan fingerprint density at radius 1 is 1.50 bits per heavy atom. The van der Waals surface area contributed by atoms with Gasteiger partial charge >= 0.3 is 0 Å². The molecule has 3 nitrogen and oxygen atoms in total. The number of carbonyl (C=O) groups excluding carboxylic acids is 1. The van der Waals surface area contributed by atoms with E-state index in [9.17, 15) is 4.79 Å². The zero-order chi connectivity index (χ0) is 10.2. The predicted molar refractivity (Wildman–Crippen MR) is 56.2 cm³/mol. The van der Waals surface area contributed by atoms with E-state index in [1.165, 1.54) is 0 Å². The van der Waals surface area contributed by atoms with Crippen molar-refractivity contribution >= 4 is 5.78 Å². The van der Waals surface area contributed by atoms with Crippen LogP contribution in [0.1, 0.15) is 33.1 Å². The lowest BCUT2D eigenvalue weighted by Crippen LogP contribution is -2.71. The predicted octanol–water partition coefficient (Wildman–Crippen LogP) is 0.696. The van der Waals surface area contributed by atoms with Crippen molar-refractivity contribution in [3.8, 4) is 0 Å². The molecule has 0 aromatic rings. The molecule has 2 aliphatic heterocycles. The van der Waals surface area contributed by atoms with Crippen molar-refractivity contribution in [1.29, 1.82) is 0 Å². The van der Waals surface area contributed by atoms with Crippen LogP contribution in [0.5, 0.6) is 0 Å². The highest BCUT2D eigenvalue weighted by molar-refractivity contribution is 5.84. The zero-order valence-electron chi connectivity index (χ0n) is 9.10. The topological polar surface area (TPSA) is 41.1 Å². The number of carbonyl (C=O) groups is 1. The van der Waals surface area contributed by atoms with Crippen molar-refractivity contribution in [2.75, 3.05) is 13.1 Å². The molecule has 2 fully saturated rings. The Morgan fingerprint density at radius 2 is 2.29 bits per heavy atom. The lowest BCUT2D eigenvalue weighted by Gasteiger charge is -2.50. The maximum absolute atomic E-state index is 11.9. The maximum Gasteiger partial charge on any atom is 0.139 e. The molecule has 0 radical (unpaired) electrons. The third kappa shape index (κ3) is 1.39. The summed E-state index contributed by atoms with van der Waals surface area (Å²) in [5.41, 5.74) is 0.0486. The minimum atomic E-state index is 0.0486. The fourth-order valence-corrected chi connectivity index (χ4v) is 3.11. The molecule has 14 heavy (non-hydrogen) atoms. The SMILES string of the molecule is CCC1C(=O)CC2CNCC1(CC)N2. The number of piperazine rings is 1. The number of hydrogen-bond acceptors (Lipinski definition) is 3. The summed E-state index contributed by atoms with van der Waals surface area (Å²) in [6.45, 7) is 6.20. The van der Waals surface area contributed by atoms with Crippen LogP contribution >= 0.6 is 0 Å². The molecule has 2 rings (SSSR count). The average Bonchev–Trinajstić information content (AvgIpc) is 2.18. The van der Waals surface area contributed by atoms with E-state index < -0.39 is 0 Å². The van der Waals surface area contributed by atoms with Crippen LogP contribution in [0, 0.1) is 5.92 Å². The Bertz CT molecular complexity index is 241. The highest BCUT2D eigenvalue weighted by Crippen LogP contribution is 2.33. The van der Waals surface area contributed by atoms with Crippen molar-refractivity contribution in [1.82, 2.24) is 10.6 Å². The van der Waals surface area contributed by atoms with Crippen LogP contribution < -0.4 is 10.6 Å². The van der Waals surface area contributed by atoms with E-state index in [0.717, 1.165) is 25.9 Å². The molecule has 2 N–H and O–H groups in total. The zero-order valence-corrected chi connectivity index (χ0v) is 9.10. The molecule has 0 aliphatic carbocycles. The molecule has 0 aromatic carbocycles. The largest absolute Gasteiger partial charge is 0.313 e. The Hall–Kier alpha value is -0.410. The van der Waals surface area contributed by atoms with Gasteiger partial charge in [0.05, 0.1) is 0 Å². The summed E-state index contributed by atoms with van der Waals surface area (Å²) in [5, 5.41) is 7.11. The van der Waals surface area contributed by atoms with Crippen LogP contribution in [0.2, 0.25) is 0 Å². The van der Waals surface area contributed by atoms with Crippen LogP contribution in [0.3, 0.4) is 0 Å². The molecule has 0 spiro atoms. The summed E-state index contributed by atoms with van der Waals surface area (Å²) in [5.74, 6) is 0.691. The first kappa shape index (κ1) is 10.1. The molecule has 3 atom stereocenters. The normalized spacial score (nSPS) is 42.6. The monoisotopic (exact) mass is 196 g/mol. The lowest BCUT2D eigenvalue weighted by atomic mass is 9.70. The molecule has 2 heterocycles. The summed E-state index contributed by atoms with van der Waals surface area (Å²) in [6.07, 6.45) is 2.72. The first-order valence-electron chi connectivity index (χ1n) is 5.73. The fraction of sp³-hybridized carbons (Fsp3) is 0.909. The molecule has 0 saturated carbocycles. The number of hydrogen-bond donors (Lipinski definition) is 2. The van der Waals surface area contributed by atoms with E-state index >= 15 is 0 Å². The number of piperidine rings is 1. The van der Waals surface area contributed by atoms with Gasteiger partial charge in [0.15, 0.2) is 0 Å². The van der Waals surface area contributed by atoms with Gasteiger partial charge in [-0.15, -0.1) is 0 Å². The molecule has 0 aromatic heterocycles. The number of nitrogens with one attached hydrogen (secondary N) is 2. The van der Waals surface area contributed by atoms with Gasteiger partial charge in [-0.2, -0.15) is 0 Å². The first-order chi connectivity index (χ1) is 6.72. The van der Waals surface area contributed by atoms with Crippen LogP contribution in [-0.4, -0.2) is 30.5 Å². The van der Waals surface area contributed by atoms with Gasteiger partial charge in [-0.25, -0.2) is 0 Å². The molecule has 80 valence electrons. The van der Waals surface area contributed by atoms with E-state index in [0.29, 0.717) is 18.2 Å². The summed E-state index contributed by atoms with van der Waals surface area (Å²) < 4.78 is 0. The quantitative estimate of drug-likeness (QED) is 0.683. The Morgan fingerprint density at radius 3 is 2.93 bits per heavy atom. The van der Waals surface area contributed by atoms with Gasteiger partial charge in [-0.05, 0) is 12.8 Å². The minimum absolute atomic E-state index is 0.0486. The van der Waals surface area contributed by atoms with Crippen molar-refractivity contribution in [2.24, 2.45) is 5.92 Å². The third-order valence-electron chi connectivity index (χ3n) is 3.87. The van der Waals surface area contributed by atoms with E-state index in [2.05, 4.69) is 24.5 Å². The molecular formula is C11H20N2O. The number of rotatable bonds is 2. The number of Topliss-reactive ketones (excluding diaryl/α,β-unsaturated/α-hetero) is 1. The van der Waals surface area contributed by atoms with Gasteiger partial charge in [0.25, 0.3) is 0 Å². The van der Waals surface area contributed by atoms with Crippen LogP contribution in [-0.2, 0) is 4.79 Å². The Kier molecular flexibility index (Phi) is 2.62. The van der Waals surface area contributed by atoms with Crippen LogP contribution in [0.15, 0.2) is 0 Å². The Balaban J connectivity index is 2.25. The minimum Gasteiger partial charge on any atom is -0.313 e. The lowest BCUT2D eigenvalue weighted by molar-refractivity contribution is -0.130. The van der Waals surface area contributed by atoms with E-state index in [4.69, 9.17) is 0 Å². The van der Waals surface area contributed by atoms with Crippen molar-refractivity contribution in [3.05, 3.63) is 0 Å². The smallest absolute Gasteiger partial charge is 0.139 e. The number of fused-ring (bicyclic) bond motifs is 2. The molecule has 3 heteroatoms. The van der Waals surface area contributed by atoms with Crippen molar-refractivity contribution < 1.29 is 4.79 Å². The average molecular weight is 196 g/mol. The molecule has 3 unspecified atom stereocenters. The summed E-state index contributed by atoms with van der Waals surface area (Å²) >= 11 is 0. The number of ketones is 1. The van der Waals surface area contributed by atoms with E-state index in [1.54, 1.807) is 0 Å². The van der Waals surface area contributed by atoms with Crippen molar-refractivity contribution in [2.45, 2.75) is 44.7 Å². The van der Waals surface area contributed by atoms with Crippen LogP contribution in [0.4, 0.5) is 0 Å². The van der Waals surface area contributed by atoms with Gasteiger partial charge < -0.3 is 10.6 Å². The third-order valence-corrected chi connectivity index (χ3v) is 3.87. The van der Waals surface area contributed by atoms with Crippen LogP contribution in [0.25, 0.3) is 0 Å². The second-order valence-corrected chi connectivity index (χ2v) is 4.61. The second kappa shape index (κ2) is 3.63. The van der Waals surface area contributed by atoms with Crippen molar-refractivity contribution in [3.63, 3.8) is 0 Å². The van der Waals surface area contributed by atoms with Gasteiger partial charge in [0.1, 0.15) is 5.78 Å². The fourth-order valence-electron chi connectivity index (χ4n) is 3.11. The molecule has 2 saturated heterocycles. The maximum atomic E-state index is 11.9. The van der Waals surface area contributed by atoms with Gasteiger partial charge in [-0.3, -0.25) is 4.79 Å².